The maximum absolute atomic E-state index is 6.29. The van der Waals surface area contributed by atoms with Crippen molar-refractivity contribution in [3.63, 3.8) is 0 Å². The molecule has 1 atom stereocenters. The highest BCUT2D eigenvalue weighted by molar-refractivity contribution is 7.10. The molecule has 1 rings (SSSR count). The number of hydrogen-bond acceptors (Lipinski definition) is 2. The molecule has 16 heavy (non-hydrogen) atoms. The Morgan fingerprint density at radius 3 is 2.62 bits per heavy atom. The van der Waals surface area contributed by atoms with Crippen LogP contribution in [-0.2, 0) is 0 Å². The van der Waals surface area contributed by atoms with Gasteiger partial charge in [0.15, 0.2) is 0 Å². The van der Waals surface area contributed by atoms with Crippen LogP contribution in [0.2, 0.25) is 5.02 Å². The van der Waals surface area contributed by atoms with Gasteiger partial charge in [0.2, 0.25) is 0 Å². The van der Waals surface area contributed by atoms with Crippen molar-refractivity contribution in [1.82, 2.24) is 5.32 Å². The van der Waals surface area contributed by atoms with Gasteiger partial charge in [-0.1, -0.05) is 44.2 Å². The fourth-order valence-corrected chi connectivity index (χ4v) is 3.34. The van der Waals surface area contributed by atoms with Crippen LogP contribution >= 0.6 is 22.9 Å². The van der Waals surface area contributed by atoms with Gasteiger partial charge in [0.1, 0.15) is 0 Å². The third-order valence-electron chi connectivity index (χ3n) is 2.94. The molecule has 0 bridgehead atoms. The topological polar surface area (TPSA) is 12.0 Å². The molecule has 3 heteroatoms. The maximum atomic E-state index is 6.29. The van der Waals surface area contributed by atoms with E-state index >= 15 is 0 Å². The first kappa shape index (κ1) is 14.0. The second-order valence-electron chi connectivity index (χ2n) is 4.29. The van der Waals surface area contributed by atoms with Gasteiger partial charge < -0.3 is 5.32 Å². The van der Waals surface area contributed by atoms with Gasteiger partial charge in [-0.05, 0) is 31.3 Å². The fraction of sp³-hybridized carbons (Fsp3) is 0.692. The molecule has 1 N–H and O–H groups in total. The van der Waals surface area contributed by atoms with Gasteiger partial charge in [-0.25, -0.2) is 0 Å². The molecule has 92 valence electrons. The predicted molar refractivity (Wildman–Crippen MR) is 74.6 cm³/mol. The average Bonchev–Trinajstić information content (AvgIpc) is 2.61. The zero-order valence-electron chi connectivity index (χ0n) is 10.5. The summed E-state index contributed by atoms with van der Waals surface area (Å²) >= 11 is 8.07. The molecule has 1 nitrogen and oxygen atoms in total. The number of unbranched alkanes of at least 4 members (excludes halogenated alkanes) is 3. The smallest absolute Gasteiger partial charge is 0.0590 e. The Morgan fingerprint density at radius 1 is 1.38 bits per heavy atom. The summed E-state index contributed by atoms with van der Waals surface area (Å²) in [5, 5.41) is 6.48. The van der Waals surface area contributed by atoms with Crippen molar-refractivity contribution in [2.45, 2.75) is 52.0 Å². The summed E-state index contributed by atoms with van der Waals surface area (Å²) in [5.41, 5.74) is 1.20. The van der Waals surface area contributed by atoms with Crippen LogP contribution in [0.3, 0.4) is 0 Å². The van der Waals surface area contributed by atoms with E-state index in [2.05, 4.69) is 24.5 Å². The molecule has 0 fully saturated rings. The maximum Gasteiger partial charge on any atom is 0.0590 e. The second-order valence-corrected chi connectivity index (χ2v) is 5.58. The van der Waals surface area contributed by atoms with E-state index in [1.807, 2.05) is 7.05 Å². The predicted octanol–water partition coefficient (Wildman–Crippen LogP) is 4.94. The van der Waals surface area contributed by atoms with E-state index in [1.165, 1.54) is 42.5 Å². The molecule has 0 amide bonds. The standard InChI is InChI=1S/C13H22ClNS/c1-4-5-6-7-8-11(15-3)13-12(14)10(2)9-16-13/h9,11,15H,4-8H2,1-3H3. The molecule has 0 aliphatic heterocycles. The number of halogens is 1. The zero-order valence-corrected chi connectivity index (χ0v) is 12.0. The van der Waals surface area contributed by atoms with Crippen molar-refractivity contribution in [3.05, 3.63) is 20.8 Å². The SMILES string of the molecule is CCCCCCC(NC)c1scc(C)c1Cl. The number of rotatable bonds is 7. The minimum absolute atomic E-state index is 0.433. The summed E-state index contributed by atoms with van der Waals surface area (Å²) in [7, 11) is 2.02. The highest BCUT2D eigenvalue weighted by Crippen LogP contribution is 2.34. The summed E-state index contributed by atoms with van der Waals surface area (Å²) in [6, 6.07) is 0.433. The molecule has 0 aromatic carbocycles. The number of thiophene rings is 1. The van der Waals surface area contributed by atoms with Crippen LogP contribution in [0.5, 0.6) is 0 Å². The zero-order chi connectivity index (χ0) is 12.0. The molecule has 1 unspecified atom stereocenters. The fourth-order valence-electron chi connectivity index (χ4n) is 1.87. The first-order valence-electron chi connectivity index (χ1n) is 6.11. The van der Waals surface area contributed by atoms with E-state index in [0.29, 0.717) is 6.04 Å². The minimum Gasteiger partial charge on any atom is -0.312 e. The quantitative estimate of drug-likeness (QED) is 0.684. The Kier molecular flexibility index (Phi) is 6.40. The van der Waals surface area contributed by atoms with Crippen molar-refractivity contribution in [2.24, 2.45) is 0 Å². The third-order valence-corrected chi connectivity index (χ3v) is 4.76. The lowest BCUT2D eigenvalue weighted by atomic mass is 10.1. The molecule has 0 saturated heterocycles. The van der Waals surface area contributed by atoms with Gasteiger partial charge in [-0.3, -0.25) is 0 Å². The van der Waals surface area contributed by atoms with E-state index in [0.717, 1.165) is 5.02 Å². The van der Waals surface area contributed by atoms with E-state index in [4.69, 9.17) is 11.6 Å². The van der Waals surface area contributed by atoms with E-state index in [-0.39, 0.29) is 0 Å². The van der Waals surface area contributed by atoms with Gasteiger partial charge in [0.25, 0.3) is 0 Å². The minimum atomic E-state index is 0.433. The van der Waals surface area contributed by atoms with Crippen LogP contribution in [0, 0.1) is 6.92 Å². The van der Waals surface area contributed by atoms with Crippen LogP contribution in [-0.4, -0.2) is 7.05 Å². The van der Waals surface area contributed by atoms with E-state index in [9.17, 15) is 0 Å². The number of hydrogen-bond donors (Lipinski definition) is 1. The molecule has 1 aromatic rings. The molecule has 0 aliphatic carbocycles. The van der Waals surface area contributed by atoms with Crippen LogP contribution in [0.15, 0.2) is 5.38 Å². The lowest BCUT2D eigenvalue weighted by Crippen LogP contribution is -2.15. The monoisotopic (exact) mass is 259 g/mol. The normalized spacial score (nSPS) is 13.0. The first-order chi connectivity index (χ1) is 7.70. The third kappa shape index (κ3) is 3.76. The Balaban J connectivity index is 2.51. The van der Waals surface area contributed by atoms with Crippen molar-refractivity contribution in [2.75, 3.05) is 7.05 Å². The summed E-state index contributed by atoms with van der Waals surface area (Å²) in [6.45, 7) is 4.32. The summed E-state index contributed by atoms with van der Waals surface area (Å²) < 4.78 is 0. The lowest BCUT2D eigenvalue weighted by Gasteiger charge is -2.15. The summed E-state index contributed by atoms with van der Waals surface area (Å²) in [4.78, 5) is 1.30. The van der Waals surface area contributed by atoms with Gasteiger partial charge in [0.05, 0.1) is 5.02 Å². The molecule has 1 heterocycles. The van der Waals surface area contributed by atoms with Crippen LogP contribution in [0.4, 0.5) is 0 Å². The van der Waals surface area contributed by atoms with Crippen molar-refractivity contribution < 1.29 is 0 Å². The van der Waals surface area contributed by atoms with Gasteiger partial charge >= 0.3 is 0 Å². The Bertz CT molecular complexity index is 309. The number of nitrogens with one attached hydrogen (secondary N) is 1. The summed E-state index contributed by atoms with van der Waals surface area (Å²) in [6.07, 6.45) is 6.44. The van der Waals surface area contributed by atoms with Gasteiger partial charge in [-0.15, -0.1) is 11.3 Å². The van der Waals surface area contributed by atoms with E-state index in [1.54, 1.807) is 11.3 Å². The van der Waals surface area contributed by atoms with Crippen molar-refractivity contribution in [3.8, 4) is 0 Å². The van der Waals surface area contributed by atoms with Crippen molar-refractivity contribution in [1.29, 1.82) is 0 Å². The molecule has 0 saturated carbocycles. The molecule has 0 radical (unpaired) electrons. The molecular weight excluding hydrogens is 238 g/mol. The van der Waals surface area contributed by atoms with Crippen molar-refractivity contribution >= 4 is 22.9 Å². The highest BCUT2D eigenvalue weighted by atomic mass is 35.5. The first-order valence-corrected chi connectivity index (χ1v) is 7.37. The molecule has 1 aromatic heterocycles. The summed E-state index contributed by atoms with van der Waals surface area (Å²) in [5.74, 6) is 0. The van der Waals surface area contributed by atoms with Gasteiger partial charge in [0, 0.05) is 10.9 Å². The van der Waals surface area contributed by atoms with Crippen LogP contribution in [0.1, 0.15) is 55.5 Å². The molecular formula is C13H22ClNS. The Hall–Kier alpha value is -0.0500. The Labute approximate surface area is 108 Å². The van der Waals surface area contributed by atoms with E-state index < -0.39 is 0 Å². The van der Waals surface area contributed by atoms with Crippen LogP contribution < -0.4 is 5.32 Å². The lowest BCUT2D eigenvalue weighted by molar-refractivity contribution is 0.511. The Morgan fingerprint density at radius 2 is 2.12 bits per heavy atom. The van der Waals surface area contributed by atoms with Gasteiger partial charge in [-0.2, -0.15) is 0 Å². The van der Waals surface area contributed by atoms with Crippen LogP contribution in [0.25, 0.3) is 0 Å². The molecule has 0 spiro atoms. The largest absolute Gasteiger partial charge is 0.312 e. The molecule has 0 aliphatic rings. The highest BCUT2D eigenvalue weighted by Gasteiger charge is 2.15. The average molecular weight is 260 g/mol. The number of aryl methyl sites for hydroxylation is 1. The second kappa shape index (κ2) is 7.31.